The molecule has 2 saturated heterocycles. The van der Waals surface area contributed by atoms with Gasteiger partial charge in [0.25, 0.3) is 0 Å². The van der Waals surface area contributed by atoms with E-state index in [0.717, 1.165) is 5.56 Å². The fourth-order valence-electron chi connectivity index (χ4n) is 5.12. The van der Waals surface area contributed by atoms with Crippen molar-refractivity contribution in [2.24, 2.45) is 0 Å². The number of aromatic hydroxyl groups is 1. The third-order valence-corrected chi connectivity index (χ3v) is 7.94. The number of unbranched alkanes of at least 4 members (excludes halogenated alkanes) is 2. The highest BCUT2D eigenvalue weighted by Gasteiger charge is 2.43. The van der Waals surface area contributed by atoms with E-state index in [-0.39, 0.29) is 36.7 Å². The number of Topliss-reactive ketones (excluding diaryl/α,β-unsaturated/α-hetero) is 1. The van der Waals surface area contributed by atoms with Gasteiger partial charge in [-0.1, -0.05) is 31.9 Å². The molecule has 0 bridgehead atoms. The van der Waals surface area contributed by atoms with Gasteiger partial charge in [-0.25, -0.2) is 0 Å². The summed E-state index contributed by atoms with van der Waals surface area (Å²) in [7, 11) is 0. The van der Waals surface area contributed by atoms with Crippen molar-refractivity contribution in [2.75, 3.05) is 6.54 Å². The molecule has 2 fully saturated rings. The molecule has 0 aromatic heterocycles. The first kappa shape index (κ1) is 31.1. The number of amides is 4. The smallest absolute Gasteiger partial charge is 0.246 e. The largest absolute Gasteiger partial charge is 0.508 e. The summed E-state index contributed by atoms with van der Waals surface area (Å²) >= 11 is 0. The Hall–Kier alpha value is -3.47. The molecule has 11 nitrogen and oxygen atoms in total. The second-order valence-corrected chi connectivity index (χ2v) is 11.1. The standard InChI is InChI=1S/C29H42N4O7/c1-4-29(3)28(40)31-22(17-19-12-14-20(35)15-13-19)27(39)33-16-8-10-23(33)26(38)30-21(25(37)32-29)9-6-5-7-11-24(36)18(2)34/h12-15,18,21-23,34-35H,4-11,16-17H2,1-3H3,(H,30,38)(H,31,40)(H,32,37). The molecule has 5 unspecified atom stereocenters. The fraction of sp³-hybridized carbons (Fsp3) is 0.621. The van der Waals surface area contributed by atoms with E-state index in [9.17, 15) is 34.2 Å². The molecule has 2 aliphatic rings. The predicted molar refractivity (Wildman–Crippen MR) is 147 cm³/mol. The van der Waals surface area contributed by atoms with E-state index in [0.29, 0.717) is 45.1 Å². The lowest BCUT2D eigenvalue weighted by Crippen LogP contribution is -2.65. The lowest BCUT2D eigenvalue weighted by molar-refractivity contribution is -0.144. The molecule has 0 aliphatic carbocycles. The van der Waals surface area contributed by atoms with Crippen molar-refractivity contribution >= 4 is 29.4 Å². The normalized spacial score (nSPS) is 26.6. The number of aliphatic hydroxyl groups excluding tert-OH is 1. The molecule has 5 atom stereocenters. The Bertz CT molecular complexity index is 1090. The number of phenols is 1. The van der Waals surface area contributed by atoms with E-state index in [2.05, 4.69) is 16.0 Å². The van der Waals surface area contributed by atoms with Crippen molar-refractivity contribution in [3.05, 3.63) is 29.8 Å². The number of nitrogens with one attached hydrogen (secondary N) is 3. The lowest BCUT2D eigenvalue weighted by atomic mass is 9.94. The van der Waals surface area contributed by atoms with Crippen LogP contribution in [0.5, 0.6) is 5.75 Å². The summed E-state index contributed by atoms with van der Waals surface area (Å²) in [5.74, 6) is -1.93. The Morgan fingerprint density at radius 3 is 2.40 bits per heavy atom. The average Bonchev–Trinajstić information content (AvgIpc) is 3.41. The maximum atomic E-state index is 13.7. The summed E-state index contributed by atoms with van der Waals surface area (Å²) in [5, 5.41) is 27.5. The van der Waals surface area contributed by atoms with Crippen molar-refractivity contribution in [2.45, 2.75) is 108 Å². The Kier molecular flexibility index (Phi) is 10.7. The van der Waals surface area contributed by atoms with Crippen LogP contribution in [0.4, 0.5) is 0 Å². The van der Waals surface area contributed by atoms with Crippen LogP contribution in [-0.4, -0.2) is 80.8 Å². The zero-order chi connectivity index (χ0) is 29.4. The first-order valence-electron chi connectivity index (χ1n) is 14.2. The van der Waals surface area contributed by atoms with Gasteiger partial charge in [-0.2, -0.15) is 0 Å². The van der Waals surface area contributed by atoms with Crippen LogP contribution in [-0.2, 0) is 30.4 Å². The summed E-state index contributed by atoms with van der Waals surface area (Å²) < 4.78 is 0. The SMILES string of the molecule is CCC1(C)NC(=O)C(CCCCCC(=O)C(C)O)NC(=O)C2CCCN2C(=O)C(Cc2ccc(O)cc2)NC1=O. The number of ketones is 1. The molecule has 1 aromatic carbocycles. The topological polar surface area (TPSA) is 165 Å². The van der Waals surface area contributed by atoms with Gasteiger partial charge in [-0.05, 0) is 63.6 Å². The van der Waals surface area contributed by atoms with E-state index in [1.54, 1.807) is 26.0 Å². The van der Waals surface area contributed by atoms with Crippen LogP contribution in [0.1, 0.15) is 77.7 Å². The van der Waals surface area contributed by atoms with Crippen molar-refractivity contribution in [3.63, 3.8) is 0 Å². The molecule has 4 amide bonds. The van der Waals surface area contributed by atoms with Gasteiger partial charge in [0, 0.05) is 19.4 Å². The molecule has 2 heterocycles. The first-order chi connectivity index (χ1) is 18.9. The fourth-order valence-corrected chi connectivity index (χ4v) is 5.12. The average molecular weight is 559 g/mol. The highest BCUT2D eigenvalue weighted by Crippen LogP contribution is 2.22. The van der Waals surface area contributed by atoms with Crippen LogP contribution in [0, 0.1) is 0 Å². The number of hydrogen-bond acceptors (Lipinski definition) is 7. The molecule has 2 aliphatic heterocycles. The summed E-state index contributed by atoms with van der Waals surface area (Å²) in [5.41, 5.74) is -0.609. The highest BCUT2D eigenvalue weighted by molar-refractivity contribution is 5.99. The molecule has 1 aromatic rings. The lowest BCUT2D eigenvalue weighted by Gasteiger charge is -2.36. The third-order valence-electron chi connectivity index (χ3n) is 7.94. The minimum Gasteiger partial charge on any atom is -0.508 e. The van der Waals surface area contributed by atoms with Crippen LogP contribution in [0.3, 0.4) is 0 Å². The van der Waals surface area contributed by atoms with E-state index < -0.39 is 47.5 Å². The predicted octanol–water partition coefficient (Wildman–Crippen LogP) is 1.09. The van der Waals surface area contributed by atoms with Gasteiger partial charge < -0.3 is 31.1 Å². The van der Waals surface area contributed by atoms with Crippen LogP contribution in [0.25, 0.3) is 0 Å². The zero-order valence-electron chi connectivity index (χ0n) is 23.6. The van der Waals surface area contributed by atoms with Crippen molar-refractivity contribution < 1.29 is 34.2 Å². The van der Waals surface area contributed by atoms with Crippen LogP contribution in [0.2, 0.25) is 0 Å². The van der Waals surface area contributed by atoms with Gasteiger partial charge in [-0.3, -0.25) is 24.0 Å². The number of rotatable bonds is 10. The Labute approximate surface area is 235 Å². The molecule has 0 saturated carbocycles. The van der Waals surface area contributed by atoms with Gasteiger partial charge >= 0.3 is 0 Å². The summed E-state index contributed by atoms with van der Waals surface area (Å²) in [6, 6.07) is 3.71. The second kappa shape index (κ2) is 13.7. The molecular formula is C29H42N4O7. The first-order valence-corrected chi connectivity index (χ1v) is 14.2. The Morgan fingerprint density at radius 2 is 1.75 bits per heavy atom. The van der Waals surface area contributed by atoms with E-state index in [4.69, 9.17) is 0 Å². The van der Waals surface area contributed by atoms with Crippen molar-refractivity contribution in [3.8, 4) is 5.75 Å². The number of fused-ring (bicyclic) bond motifs is 1. The number of carbonyl (C=O) groups is 5. The van der Waals surface area contributed by atoms with Gasteiger partial charge in [0.15, 0.2) is 5.78 Å². The van der Waals surface area contributed by atoms with Gasteiger partial charge in [-0.15, -0.1) is 0 Å². The molecule has 3 rings (SSSR count). The van der Waals surface area contributed by atoms with E-state index in [1.807, 2.05) is 0 Å². The minimum atomic E-state index is -1.33. The minimum absolute atomic E-state index is 0.0816. The molecule has 40 heavy (non-hydrogen) atoms. The number of phenolic OH excluding ortho intramolecular Hbond substituents is 1. The monoisotopic (exact) mass is 558 g/mol. The number of nitrogens with zero attached hydrogens (tertiary/aromatic N) is 1. The van der Waals surface area contributed by atoms with Gasteiger partial charge in [0.2, 0.25) is 23.6 Å². The number of carbonyl (C=O) groups excluding carboxylic acids is 5. The third kappa shape index (κ3) is 7.80. The molecular weight excluding hydrogens is 516 g/mol. The summed E-state index contributed by atoms with van der Waals surface area (Å²) in [6.45, 7) is 5.14. The van der Waals surface area contributed by atoms with Crippen LogP contribution >= 0.6 is 0 Å². The highest BCUT2D eigenvalue weighted by atomic mass is 16.3. The molecule has 11 heteroatoms. The second-order valence-electron chi connectivity index (χ2n) is 11.1. The van der Waals surface area contributed by atoms with Gasteiger partial charge in [0.1, 0.15) is 35.5 Å². The molecule has 0 spiro atoms. The molecule has 0 radical (unpaired) electrons. The van der Waals surface area contributed by atoms with E-state index in [1.165, 1.54) is 24.0 Å². The molecule has 220 valence electrons. The maximum absolute atomic E-state index is 13.7. The Balaban J connectivity index is 1.82. The number of benzene rings is 1. The van der Waals surface area contributed by atoms with Gasteiger partial charge in [0.05, 0.1) is 0 Å². The van der Waals surface area contributed by atoms with Crippen molar-refractivity contribution in [1.82, 2.24) is 20.9 Å². The number of hydrogen-bond donors (Lipinski definition) is 5. The van der Waals surface area contributed by atoms with Crippen molar-refractivity contribution in [1.29, 1.82) is 0 Å². The summed E-state index contributed by atoms with van der Waals surface area (Å²) in [6.07, 6.45) is 2.71. The Morgan fingerprint density at radius 1 is 1.05 bits per heavy atom. The maximum Gasteiger partial charge on any atom is 0.246 e. The number of aliphatic hydroxyl groups is 1. The quantitative estimate of drug-likeness (QED) is 0.268. The molecule has 5 N–H and O–H groups in total. The summed E-state index contributed by atoms with van der Waals surface area (Å²) in [4.78, 5) is 67.3. The zero-order valence-corrected chi connectivity index (χ0v) is 23.6. The van der Waals surface area contributed by atoms with Crippen LogP contribution < -0.4 is 16.0 Å². The van der Waals surface area contributed by atoms with E-state index >= 15 is 0 Å². The van der Waals surface area contributed by atoms with Crippen LogP contribution in [0.15, 0.2) is 24.3 Å².